The summed E-state index contributed by atoms with van der Waals surface area (Å²) in [7, 11) is 0. The number of hydrogen-bond acceptors (Lipinski definition) is 3. The van der Waals surface area contributed by atoms with E-state index in [0.29, 0.717) is 5.65 Å². The molecule has 0 aliphatic heterocycles. The maximum atomic E-state index is 11.6. The number of rotatable bonds is 1. The SMILES string of the molecule is CC(C)n1cc2nccnn2c1=O. The second kappa shape index (κ2) is 2.69. The molecule has 0 amide bonds. The first-order chi connectivity index (χ1) is 6.20. The van der Waals surface area contributed by atoms with Gasteiger partial charge in [-0.2, -0.15) is 9.61 Å². The van der Waals surface area contributed by atoms with Gasteiger partial charge in [0.2, 0.25) is 0 Å². The Kier molecular flexibility index (Phi) is 1.65. The topological polar surface area (TPSA) is 52.2 Å². The van der Waals surface area contributed by atoms with E-state index in [9.17, 15) is 4.79 Å². The van der Waals surface area contributed by atoms with E-state index < -0.39 is 0 Å². The van der Waals surface area contributed by atoms with Gasteiger partial charge in [0, 0.05) is 12.2 Å². The number of fused-ring (bicyclic) bond motifs is 1. The lowest BCUT2D eigenvalue weighted by Gasteiger charge is -2.01. The zero-order chi connectivity index (χ0) is 9.42. The van der Waals surface area contributed by atoms with Crippen molar-refractivity contribution in [3.05, 3.63) is 29.1 Å². The third-order valence-electron chi connectivity index (χ3n) is 1.89. The minimum Gasteiger partial charge on any atom is -0.293 e. The average molecular weight is 178 g/mol. The number of hydrogen-bond donors (Lipinski definition) is 0. The van der Waals surface area contributed by atoms with Crippen molar-refractivity contribution in [2.24, 2.45) is 0 Å². The molecule has 2 aromatic rings. The fourth-order valence-corrected chi connectivity index (χ4v) is 1.21. The molecule has 0 fully saturated rings. The zero-order valence-electron chi connectivity index (χ0n) is 7.51. The van der Waals surface area contributed by atoms with Crippen LogP contribution in [0.25, 0.3) is 5.65 Å². The van der Waals surface area contributed by atoms with E-state index in [1.165, 1.54) is 10.7 Å². The fourth-order valence-electron chi connectivity index (χ4n) is 1.21. The minimum atomic E-state index is -0.141. The average Bonchev–Trinajstić information content (AvgIpc) is 2.45. The van der Waals surface area contributed by atoms with Gasteiger partial charge in [-0.25, -0.2) is 9.78 Å². The number of nitrogens with zero attached hydrogens (tertiary/aromatic N) is 4. The van der Waals surface area contributed by atoms with Crippen molar-refractivity contribution in [1.82, 2.24) is 19.2 Å². The summed E-state index contributed by atoms with van der Waals surface area (Å²) in [6.07, 6.45) is 4.78. The summed E-state index contributed by atoms with van der Waals surface area (Å²) in [5.74, 6) is 0. The molecule has 0 radical (unpaired) electrons. The molecule has 0 saturated heterocycles. The van der Waals surface area contributed by atoms with Crippen molar-refractivity contribution in [3.63, 3.8) is 0 Å². The largest absolute Gasteiger partial charge is 0.351 e. The van der Waals surface area contributed by atoms with Crippen LogP contribution < -0.4 is 5.69 Å². The van der Waals surface area contributed by atoms with Crippen LogP contribution in [0.1, 0.15) is 19.9 Å². The van der Waals surface area contributed by atoms with Crippen LogP contribution in [-0.4, -0.2) is 19.2 Å². The quantitative estimate of drug-likeness (QED) is 0.638. The van der Waals surface area contributed by atoms with Crippen molar-refractivity contribution in [2.75, 3.05) is 0 Å². The van der Waals surface area contributed by atoms with E-state index in [-0.39, 0.29) is 11.7 Å². The van der Waals surface area contributed by atoms with Gasteiger partial charge in [-0.05, 0) is 13.8 Å². The van der Waals surface area contributed by atoms with Crippen LogP contribution in [-0.2, 0) is 0 Å². The molecule has 0 saturated carbocycles. The Morgan fingerprint density at radius 2 is 2.15 bits per heavy atom. The van der Waals surface area contributed by atoms with Gasteiger partial charge in [-0.1, -0.05) is 0 Å². The van der Waals surface area contributed by atoms with Gasteiger partial charge < -0.3 is 0 Å². The van der Waals surface area contributed by atoms with E-state index in [0.717, 1.165) is 0 Å². The lowest BCUT2D eigenvalue weighted by Crippen LogP contribution is -2.22. The van der Waals surface area contributed by atoms with Gasteiger partial charge in [0.05, 0.1) is 12.4 Å². The van der Waals surface area contributed by atoms with Gasteiger partial charge >= 0.3 is 5.69 Å². The maximum absolute atomic E-state index is 11.6. The Morgan fingerprint density at radius 1 is 1.38 bits per heavy atom. The lowest BCUT2D eigenvalue weighted by atomic mass is 10.4. The predicted molar refractivity (Wildman–Crippen MR) is 47.6 cm³/mol. The predicted octanol–water partition coefficient (Wildman–Crippen LogP) is 0.472. The third kappa shape index (κ3) is 1.12. The summed E-state index contributed by atoms with van der Waals surface area (Å²) >= 11 is 0. The van der Waals surface area contributed by atoms with Crippen molar-refractivity contribution in [1.29, 1.82) is 0 Å². The van der Waals surface area contributed by atoms with Gasteiger partial charge in [0.15, 0.2) is 5.65 Å². The molecule has 0 atom stereocenters. The second-order valence-electron chi connectivity index (χ2n) is 3.13. The van der Waals surface area contributed by atoms with Crippen LogP contribution in [0.15, 0.2) is 23.4 Å². The van der Waals surface area contributed by atoms with Crippen LogP contribution in [0, 0.1) is 0 Å². The van der Waals surface area contributed by atoms with Crippen LogP contribution in [0.2, 0.25) is 0 Å². The van der Waals surface area contributed by atoms with Crippen molar-refractivity contribution < 1.29 is 0 Å². The van der Waals surface area contributed by atoms with Crippen LogP contribution in [0.4, 0.5) is 0 Å². The Bertz CT molecular complexity index is 482. The molecule has 0 aromatic carbocycles. The number of aromatic nitrogens is 4. The van der Waals surface area contributed by atoms with Gasteiger partial charge in [-0.15, -0.1) is 0 Å². The molecule has 13 heavy (non-hydrogen) atoms. The molecule has 2 heterocycles. The standard InChI is InChI=1S/C8H10N4O/c1-6(2)11-5-7-9-3-4-10-12(7)8(11)13/h3-6H,1-2H3. The molecule has 5 nitrogen and oxygen atoms in total. The molecular formula is C8H10N4O. The summed E-state index contributed by atoms with van der Waals surface area (Å²) in [4.78, 5) is 15.6. The van der Waals surface area contributed by atoms with Gasteiger partial charge in [-0.3, -0.25) is 4.57 Å². The van der Waals surface area contributed by atoms with Crippen molar-refractivity contribution in [2.45, 2.75) is 19.9 Å². The monoisotopic (exact) mass is 178 g/mol. The molecule has 0 aliphatic carbocycles. The molecule has 2 aromatic heterocycles. The van der Waals surface area contributed by atoms with E-state index in [4.69, 9.17) is 0 Å². The van der Waals surface area contributed by atoms with E-state index in [2.05, 4.69) is 10.1 Å². The van der Waals surface area contributed by atoms with Crippen molar-refractivity contribution >= 4 is 5.65 Å². The first kappa shape index (κ1) is 7.97. The second-order valence-corrected chi connectivity index (χ2v) is 3.13. The summed E-state index contributed by atoms with van der Waals surface area (Å²) in [5, 5.41) is 3.90. The normalized spacial score (nSPS) is 11.3. The summed E-state index contributed by atoms with van der Waals surface area (Å²) in [5.41, 5.74) is 0.444. The lowest BCUT2D eigenvalue weighted by molar-refractivity contribution is 0.570. The zero-order valence-corrected chi connectivity index (χ0v) is 7.51. The van der Waals surface area contributed by atoms with Gasteiger partial charge in [0.25, 0.3) is 0 Å². The highest BCUT2D eigenvalue weighted by Crippen LogP contribution is 2.01. The van der Waals surface area contributed by atoms with Crippen LogP contribution in [0.3, 0.4) is 0 Å². The fraction of sp³-hybridized carbons (Fsp3) is 0.375. The van der Waals surface area contributed by atoms with E-state index in [1.807, 2.05) is 13.8 Å². The van der Waals surface area contributed by atoms with Crippen LogP contribution >= 0.6 is 0 Å². The maximum Gasteiger partial charge on any atom is 0.351 e. The molecule has 0 aliphatic rings. The highest BCUT2D eigenvalue weighted by molar-refractivity contribution is 5.32. The Morgan fingerprint density at radius 3 is 2.77 bits per heavy atom. The minimum absolute atomic E-state index is 0.135. The first-order valence-corrected chi connectivity index (χ1v) is 4.11. The third-order valence-corrected chi connectivity index (χ3v) is 1.89. The Hall–Kier alpha value is -1.65. The van der Waals surface area contributed by atoms with E-state index in [1.54, 1.807) is 17.0 Å². The molecule has 68 valence electrons. The molecule has 0 spiro atoms. The molecule has 5 heteroatoms. The van der Waals surface area contributed by atoms with Gasteiger partial charge in [0.1, 0.15) is 0 Å². The molecule has 2 rings (SSSR count). The summed E-state index contributed by atoms with van der Waals surface area (Å²) in [6.45, 7) is 3.89. The smallest absolute Gasteiger partial charge is 0.293 e. The summed E-state index contributed by atoms with van der Waals surface area (Å²) < 4.78 is 2.90. The molecule has 0 N–H and O–H groups in total. The Balaban J connectivity index is 2.82. The number of imidazole rings is 1. The summed E-state index contributed by atoms with van der Waals surface area (Å²) in [6, 6.07) is 0.135. The molecule has 0 bridgehead atoms. The van der Waals surface area contributed by atoms with Crippen LogP contribution in [0.5, 0.6) is 0 Å². The first-order valence-electron chi connectivity index (χ1n) is 4.11. The molecule has 0 unspecified atom stereocenters. The van der Waals surface area contributed by atoms with Crippen molar-refractivity contribution in [3.8, 4) is 0 Å². The highest BCUT2D eigenvalue weighted by Gasteiger charge is 2.07. The molecular weight excluding hydrogens is 168 g/mol. The van der Waals surface area contributed by atoms with E-state index >= 15 is 0 Å². The Labute approximate surface area is 74.6 Å². The highest BCUT2D eigenvalue weighted by atomic mass is 16.2.